The van der Waals surface area contributed by atoms with E-state index >= 15 is 0 Å². The van der Waals surface area contributed by atoms with Gasteiger partial charge in [0, 0.05) is 39.2 Å². The molecule has 3 rings (SSSR count). The fraction of sp³-hybridized carbons (Fsp3) is 0.0769. The van der Waals surface area contributed by atoms with Crippen LogP contribution in [-0.4, -0.2) is 9.97 Å². The van der Waals surface area contributed by atoms with E-state index < -0.39 is 0 Å². The Bertz CT molecular complexity index is 670. The molecule has 0 spiro atoms. The maximum Gasteiger partial charge on any atom is 0.140 e. The van der Waals surface area contributed by atoms with Gasteiger partial charge >= 0.3 is 0 Å². The second kappa shape index (κ2) is 5.04. The minimum atomic E-state index is 0.497. The molecule has 1 aromatic carbocycles. The highest BCUT2D eigenvalue weighted by molar-refractivity contribution is 9.10. The Morgan fingerprint density at radius 1 is 1.17 bits per heavy atom. The van der Waals surface area contributed by atoms with E-state index in [0.717, 1.165) is 26.0 Å². The van der Waals surface area contributed by atoms with Crippen molar-refractivity contribution in [1.29, 1.82) is 0 Å². The number of aromatic nitrogens is 2. The third-order valence-corrected chi connectivity index (χ3v) is 4.00. The lowest BCUT2D eigenvalue weighted by Crippen LogP contribution is -1.95. The van der Waals surface area contributed by atoms with Crippen molar-refractivity contribution in [3.63, 3.8) is 0 Å². The number of thiazole rings is 1. The molecule has 0 aliphatic heterocycles. The molecule has 0 N–H and O–H groups in total. The van der Waals surface area contributed by atoms with Crippen LogP contribution in [0.25, 0.3) is 10.8 Å². The highest BCUT2D eigenvalue weighted by Crippen LogP contribution is 2.31. The Labute approximate surface area is 117 Å². The van der Waals surface area contributed by atoms with E-state index in [4.69, 9.17) is 4.74 Å². The van der Waals surface area contributed by atoms with E-state index in [9.17, 15) is 0 Å². The Morgan fingerprint density at radius 3 is 2.94 bits per heavy atom. The summed E-state index contributed by atoms with van der Waals surface area (Å²) in [5, 5.41) is 5.02. The number of ether oxygens (including phenoxy) is 1. The molecule has 2 heterocycles. The molecule has 3 nitrogen and oxygen atoms in total. The van der Waals surface area contributed by atoms with E-state index in [-0.39, 0.29) is 0 Å². The molecule has 0 aliphatic carbocycles. The van der Waals surface area contributed by atoms with Gasteiger partial charge in [-0.15, -0.1) is 11.3 Å². The van der Waals surface area contributed by atoms with Crippen LogP contribution in [-0.2, 0) is 6.61 Å². The summed E-state index contributed by atoms with van der Waals surface area (Å²) in [7, 11) is 0. The van der Waals surface area contributed by atoms with Crippen molar-refractivity contribution in [3.8, 4) is 5.75 Å². The van der Waals surface area contributed by atoms with Crippen molar-refractivity contribution < 1.29 is 4.74 Å². The highest BCUT2D eigenvalue weighted by Gasteiger charge is 2.06. The van der Waals surface area contributed by atoms with Crippen molar-refractivity contribution in [2.75, 3.05) is 0 Å². The van der Waals surface area contributed by atoms with Crippen molar-refractivity contribution in [3.05, 3.63) is 51.7 Å². The number of pyridine rings is 1. The molecule has 0 aliphatic rings. The predicted octanol–water partition coefficient (Wildman–Crippen LogP) is 4.03. The lowest BCUT2D eigenvalue weighted by Gasteiger charge is -2.08. The van der Waals surface area contributed by atoms with E-state index in [1.807, 2.05) is 29.8 Å². The molecule has 0 bridgehead atoms. The number of fused-ring (bicyclic) bond motifs is 1. The summed E-state index contributed by atoms with van der Waals surface area (Å²) >= 11 is 5.11. The first kappa shape index (κ1) is 11.6. The van der Waals surface area contributed by atoms with E-state index in [0.29, 0.717) is 6.61 Å². The lowest BCUT2D eigenvalue weighted by molar-refractivity contribution is 0.309. The highest BCUT2D eigenvalue weighted by atomic mass is 79.9. The van der Waals surface area contributed by atoms with Crippen LogP contribution in [0.1, 0.15) is 5.01 Å². The molecular formula is C13H9BrN2OS. The minimum absolute atomic E-state index is 0.497. The SMILES string of the molecule is Brc1ccc(OCc2nccs2)c2ccncc12. The first-order valence-corrected chi connectivity index (χ1v) is 7.05. The largest absolute Gasteiger partial charge is 0.486 e. The molecule has 0 unspecified atom stereocenters. The summed E-state index contributed by atoms with van der Waals surface area (Å²) in [5.41, 5.74) is 0. The molecule has 2 aromatic heterocycles. The van der Waals surface area contributed by atoms with Gasteiger partial charge in [0.2, 0.25) is 0 Å². The summed E-state index contributed by atoms with van der Waals surface area (Å²) < 4.78 is 6.84. The molecule has 0 fully saturated rings. The molecule has 0 atom stereocenters. The van der Waals surface area contributed by atoms with Gasteiger partial charge in [-0.1, -0.05) is 15.9 Å². The Kier molecular flexibility index (Phi) is 3.25. The smallest absolute Gasteiger partial charge is 0.140 e. The van der Waals surface area contributed by atoms with Gasteiger partial charge < -0.3 is 4.74 Å². The van der Waals surface area contributed by atoms with E-state index in [1.165, 1.54) is 0 Å². The van der Waals surface area contributed by atoms with Crippen LogP contribution in [0.4, 0.5) is 0 Å². The molecule has 3 aromatic rings. The van der Waals surface area contributed by atoms with E-state index in [2.05, 4.69) is 25.9 Å². The van der Waals surface area contributed by atoms with Gasteiger partial charge in [0.25, 0.3) is 0 Å². The molecular weight excluding hydrogens is 312 g/mol. The third-order valence-electron chi connectivity index (χ3n) is 2.56. The summed E-state index contributed by atoms with van der Waals surface area (Å²) in [5.74, 6) is 0.853. The van der Waals surface area contributed by atoms with Crippen LogP contribution in [0.5, 0.6) is 5.75 Å². The van der Waals surface area contributed by atoms with Crippen molar-refractivity contribution in [1.82, 2.24) is 9.97 Å². The average Bonchev–Trinajstić information content (AvgIpc) is 2.92. The third kappa shape index (κ3) is 2.23. The minimum Gasteiger partial charge on any atom is -0.486 e. The number of nitrogens with zero attached hydrogens (tertiary/aromatic N) is 2. The first-order valence-electron chi connectivity index (χ1n) is 5.38. The zero-order valence-corrected chi connectivity index (χ0v) is 11.7. The monoisotopic (exact) mass is 320 g/mol. The fourth-order valence-electron chi connectivity index (χ4n) is 1.72. The molecule has 18 heavy (non-hydrogen) atoms. The van der Waals surface area contributed by atoms with Gasteiger partial charge in [0.15, 0.2) is 0 Å². The second-order valence-electron chi connectivity index (χ2n) is 3.68. The van der Waals surface area contributed by atoms with Gasteiger partial charge in [-0.3, -0.25) is 4.98 Å². The first-order chi connectivity index (χ1) is 8.84. The normalized spacial score (nSPS) is 10.7. The van der Waals surface area contributed by atoms with Crippen LogP contribution in [0, 0.1) is 0 Å². The predicted molar refractivity (Wildman–Crippen MR) is 75.9 cm³/mol. The summed E-state index contributed by atoms with van der Waals surface area (Å²) in [4.78, 5) is 8.33. The summed E-state index contributed by atoms with van der Waals surface area (Å²) in [6, 6.07) is 5.89. The maximum atomic E-state index is 5.82. The van der Waals surface area contributed by atoms with Crippen LogP contribution in [0.2, 0.25) is 0 Å². The number of hydrogen-bond acceptors (Lipinski definition) is 4. The standard InChI is InChI=1S/C13H9BrN2OS/c14-11-1-2-12(9-3-4-15-7-10(9)11)17-8-13-16-5-6-18-13/h1-7H,8H2. The van der Waals surface area contributed by atoms with Crippen molar-refractivity contribution >= 4 is 38.0 Å². The molecule has 5 heteroatoms. The molecule has 0 saturated carbocycles. The fourth-order valence-corrected chi connectivity index (χ4v) is 2.69. The Hall–Kier alpha value is -1.46. The van der Waals surface area contributed by atoms with Gasteiger partial charge in [-0.25, -0.2) is 4.98 Å². The molecule has 0 saturated heterocycles. The van der Waals surface area contributed by atoms with Gasteiger partial charge in [-0.2, -0.15) is 0 Å². The number of rotatable bonds is 3. The molecule has 90 valence electrons. The molecule has 0 amide bonds. The molecule has 0 radical (unpaired) electrons. The maximum absolute atomic E-state index is 5.82. The Morgan fingerprint density at radius 2 is 2.11 bits per heavy atom. The van der Waals surface area contributed by atoms with Crippen molar-refractivity contribution in [2.45, 2.75) is 6.61 Å². The lowest BCUT2D eigenvalue weighted by atomic mass is 10.1. The van der Waals surface area contributed by atoms with Crippen LogP contribution >= 0.6 is 27.3 Å². The van der Waals surface area contributed by atoms with Crippen LogP contribution in [0.3, 0.4) is 0 Å². The topological polar surface area (TPSA) is 35.0 Å². The van der Waals surface area contributed by atoms with Crippen molar-refractivity contribution in [2.24, 2.45) is 0 Å². The van der Waals surface area contributed by atoms with E-state index in [1.54, 1.807) is 23.7 Å². The van der Waals surface area contributed by atoms with Crippen LogP contribution < -0.4 is 4.74 Å². The quantitative estimate of drug-likeness (QED) is 0.730. The number of halogens is 1. The van der Waals surface area contributed by atoms with Gasteiger partial charge in [0.05, 0.1) is 0 Å². The summed E-state index contributed by atoms with van der Waals surface area (Å²) in [6.07, 6.45) is 5.38. The van der Waals surface area contributed by atoms with Crippen LogP contribution in [0.15, 0.2) is 46.6 Å². The number of hydrogen-bond donors (Lipinski definition) is 0. The second-order valence-corrected chi connectivity index (χ2v) is 5.51. The zero-order valence-electron chi connectivity index (χ0n) is 9.34. The zero-order chi connectivity index (χ0) is 12.4. The average molecular weight is 321 g/mol. The van der Waals surface area contributed by atoms with Gasteiger partial charge in [-0.05, 0) is 18.2 Å². The Balaban J connectivity index is 1.94. The number of benzene rings is 1. The van der Waals surface area contributed by atoms with Gasteiger partial charge in [0.1, 0.15) is 17.4 Å². The summed E-state index contributed by atoms with van der Waals surface area (Å²) in [6.45, 7) is 0.497.